The molecule has 0 heterocycles. The van der Waals surface area contributed by atoms with E-state index in [4.69, 9.17) is 0 Å². The van der Waals surface area contributed by atoms with Gasteiger partial charge in [-0.05, 0) is 97.7 Å². The lowest BCUT2D eigenvalue weighted by Crippen LogP contribution is -2.68. The second-order valence-electron chi connectivity index (χ2n) is 17.8. The van der Waals surface area contributed by atoms with E-state index in [-0.39, 0.29) is 64.7 Å². The number of nitrogens with one attached hydrogen (secondary N) is 1. The molecule has 4 fully saturated rings. The van der Waals surface area contributed by atoms with Gasteiger partial charge in [-0.1, -0.05) is 118 Å². The molecule has 12 atom stereocenters. The number of hydrogen-bond donors (Lipinski definition) is 5. The smallest absolute Gasteiger partial charge is 0.303 e. The van der Waals surface area contributed by atoms with E-state index in [1.54, 1.807) is 0 Å². The molecule has 7 heteroatoms. The zero-order valence-electron chi connectivity index (χ0n) is 31.8. The summed E-state index contributed by atoms with van der Waals surface area (Å²) in [7, 11) is 0. The fourth-order valence-corrected chi connectivity index (χ4v) is 11.9. The van der Waals surface area contributed by atoms with Gasteiger partial charge in [-0.25, -0.2) is 0 Å². The highest BCUT2D eigenvalue weighted by molar-refractivity contribution is 5.76. The molecule has 0 aliphatic heterocycles. The third-order valence-electron chi connectivity index (χ3n) is 14.8. The quantitative estimate of drug-likeness (QED) is 0.0767. The summed E-state index contributed by atoms with van der Waals surface area (Å²) in [5.41, 5.74) is -0.660. The van der Waals surface area contributed by atoms with Crippen LogP contribution in [0.2, 0.25) is 0 Å². The lowest BCUT2D eigenvalue weighted by atomic mass is 9.42. The van der Waals surface area contributed by atoms with Gasteiger partial charge >= 0.3 is 5.97 Å². The Morgan fingerprint density at radius 3 is 1.86 bits per heavy atom. The molecule has 284 valence electrons. The minimum Gasteiger partial charge on any atom is -0.481 e. The number of hydrogen-bond acceptors (Lipinski definition) is 5. The molecule has 5 N–H and O–H groups in total. The summed E-state index contributed by atoms with van der Waals surface area (Å²) in [6.45, 7) is 8.90. The zero-order chi connectivity index (χ0) is 35.6. The molecule has 1 amide bonds. The second kappa shape index (κ2) is 19.1. The van der Waals surface area contributed by atoms with Gasteiger partial charge in [-0.2, -0.15) is 0 Å². The number of carbonyl (C=O) groups excluding carboxylic acids is 1. The Kier molecular flexibility index (Phi) is 15.8. The number of aliphatic hydroxyl groups is 3. The Labute approximate surface area is 299 Å². The fraction of sp³-hybridized carbons (Fsp3) is 0.952. The van der Waals surface area contributed by atoms with Gasteiger partial charge in [0.2, 0.25) is 5.91 Å². The second-order valence-corrected chi connectivity index (χ2v) is 17.8. The van der Waals surface area contributed by atoms with Gasteiger partial charge in [0.05, 0.1) is 18.3 Å². The Balaban J connectivity index is 1.25. The lowest BCUT2D eigenvalue weighted by Gasteiger charge is -2.65. The maximum absolute atomic E-state index is 13.4. The van der Waals surface area contributed by atoms with Crippen LogP contribution in [0.15, 0.2) is 0 Å². The van der Waals surface area contributed by atoms with Crippen LogP contribution in [0.4, 0.5) is 0 Å². The molecule has 0 radical (unpaired) electrons. The van der Waals surface area contributed by atoms with Crippen LogP contribution in [0.1, 0.15) is 182 Å². The summed E-state index contributed by atoms with van der Waals surface area (Å²) in [6, 6.07) is -0.173. The average Bonchev–Trinajstić information content (AvgIpc) is 3.41. The lowest BCUT2D eigenvalue weighted by molar-refractivity contribution is -0.214. The first-order valence-corrected chi connectivity index (χ1v) is 21.0. The normalized spacial score (nSPS) is 37.6. The first-order chi connectivity index (χ1) is 23.4. The van der Waals surface area contributed by atoms with Crippen molar-refractivity contribution in [1.82, 2.24) is 5.32 Å². The molecule has 4 aliphatic carbocycles. The van der Waals surface area contributed by atoms with Crippen LogP contribution in [0.5, 0.6) is 0 Å². The molecule has 0 aromatic rings. The van der Waals surface area contributed by atoms with E-state index >= 15 is 0 Å². The monoisotopic (exact) mass is 690 g/mol. The molecule has 0 spiro atoms. The van der Waals surface area contributed by atoms with E-state index in [0.29, 0.717) is 38.5 Å². The van der Waals surface area contributed by atoms with E-state index in [9.17, 15) is 30.0 Å². The van der Waals surface area contributed by atoms with Gasteiger partial charge in [0.15, 0.2) is 0 Å². The van der Waals surface area contributed by atoms with Crippen molar-refractivity contribution in [2.75, 3.05) is 0 Å². The van der Waals surface area contributed by atoms with E-state index in [1.807, 2.05) is 0 Å². The minimum atomic E-state index is -0.773. The molecule has 1 unspecified atom stereocenters. The molecule has 7 nitrogen and oxygen atoms in total. The maximum Gasteiger partial charge on any atom is 0.303 e. The summed E-state index contributed by atoms with van der Waals surface area (Å²) in [5, 5.41) is 47.4. The van der Waals surface area contributed by atoms with E-state index < -0.39 is 24.3 Å². The van der Waals surface area contributed by atoms with Crippen LogP contribution in [0.3, 0.4) is 0 Å². The molecule has 49 heavy (non-hydrogen) atoms. The Morgan fingerprint density at radius 2 is 1.29 bits per heavy atom. The van der Waals surface area contributed by atoms with Crippen LogP contribution in [0, 0.1) is 46.3 Å². The van der Waals surface area contributed by atoms with Gasteiger partial charge in [0.1, 0.15) is 0 Å². The number of amides is 1. The van der Waals surface area contributed by atoms with Crippen molar-refractivity contribution in [2.45, 2.75) is 206 Å². The fourth-order valence-electron chi connectivity index (χ4n) is 11.9. The van der Waals surface area contributed by atoms with Crippen molar-refractivity contribution in [3.63, 3.8) is 0 Å². The molecular formula is C42H75NO6. The van der Waals surface area contributed by atoms with Gasteiger partial charge in [0, 0.05) is 18.9 Å². The number of unbranched alkanes of at least 4 members (excludes halogenated alkanes) is 14. The van der Waals surface area contributed by atoms with Crippen LogP contribution >= 0.6 is 0 Å². The van der Waals surface area contributed by atoms with Gasteiger partial charge in [0.25, 0.3) is 0 Å². The highest BCUT2D eigenvalue weighted by atomic mass is 16.4. The molecule has 0 saturated heterocycles. The summed E-state index contributed by atoms with van der Waals surface area (Å²) in [5.74, 6) is 0.0710. The number of aliphatic carboxylic acids is 1. The summed E-state index contributed by atoms with van der Waals surface area (Å²) < 4.78 is 0. The zero-order valence-corrected chi connectivity index (χ0v) is 31.8. The van der Waals surface area contributed by atoms with Crippen LogP contribution < -0.4 is 5.32 Å². The SMILES string of the molecule is CCCCCCCCCCCCCCCCCC(=O)NC1C[C@@H](O)C[C@H]2C[C@@H](O)[C@@H]3[C@H](C[C@H](O)[C@]4(C)[C@@H]([C@H](C)CCC(=O)O)CC[C@@H]34)[C@@]12C. The van der Waals surface area contributed by atoms with Crippen molar-refractivity contribution in [2.24, 2.45) is 46.3 Å². The molecule has 4 rings (SSSR count). The van der Waals surface area contributed by atoms with Crippen molar-refractivity contribution in [1.29, 1.82) is 0 Å². The number of carbonyl (C=O) groups is 2. The summed E-state index contributed by atoms with van der Waals surface area (Å²) in [6.07, 6.45) is 23.5. The van der Waals surface area contributed by atoms with Crippen molar-refractivity contribution >= 4 is 11.9 Å². The first-order valence-electron chi connectivity index (χ1n) is 21.0. The molecule has 0 aromatic heterocycles. The first kappa shape index (κ1) is 40.6. The van der Waals surface area contributed by atoms with Crippen molar-refractivity contribution in [3.8, 4) is 0 Å². The number of carboxylic acid groups (broad SMARTS) is 1. The van der Waals surface area contributed by atoms with Crippen molar-refractivity contribution in [3.05, 3.63) is 0 Å². The average molecular weight is 690 g/mol. The van der Waals surface area contributed by atoms with E-state index in [2.05, 4.69) is 33.0 Å². The Bertz CT molecular complexity index is 1020. The predicted octanol–water partition coefficient (Wildman–Crippen LogP) is 8.80. The van der Waals surface area contributed by atoms with E-state index in [1.165, 1.54) is 83.5 Å². The number of carboxylic acids is 1. The predicted molar refractivity (Wildman–Crippen MR) is 197 cm³/mol. The third kappa shape index (κ3) is 9.83. The molecule has 4 saturated carbocycles. The standard InChI is InChI=1S/C42H75NO6/c1-5-6-7-8-9-10-11-12-13-14-15-16-17-18-19-20-38(47)43-36-27-31(44)25-30-26-35(45)40-33-23-22-32(29(2)21-24-39(48)49)42(33,4)37(46)28-34(40)41(30,36)3/h29-37,40,44-46H,5-28H2,1-4H3,(H,43,47)(H,48,49)/t29-,30+,31+,32-,33+,34+,35-,36?,37+,40+,41+,42-/m1/s1. The van der Waals surface area contributed by atoms with Crippen LogP contribution in [0.25, 0.3) is 0 Å². The molecule has 0 aromatic carbocycles. The molecular weight excluding hydrogens is 614 g/mol. The number of aliphatic hydroxyl groups excluding tert-OH is 3. The highest BCUT2D eigenvalue weighted by Gasteiger charge is 2.67. The van der Waals surface area contributed by atoms with E-state index in [0.717, 1.165) is 25.7 Å². The van der Waals surface area contributed by atoms with Crippen LogP contribution in [-0.2, 0) is 9.59 Å². The van der Waals surface area contributed by atoms with Crippen LogP contribution in [-0.4, -0.2) is 56.7 Å². The Morgan fingerprint density at radius 1 is 0.714 bits per heavy atom. The van der Waals surface area contributed by atoms with Crippen molar-refractivity contribution < 1.29 is 30.0 Å². The minimum absolute atomic E-state index is 0.0384. The maximum atomic E-state index is 13.4. The Hall–Kier alpha value is -1.18. The highest BCUT2D eigenvalue weighted by Crippen LogP contribution is 2.68. The van der Waals surface area contributed by atoms with Gasteiger partial charge in [-0.3, -0.25) is 9.59 Å². The molecule has 0 bridgehead atoms. The largest absolute Gasteiger partial charge is 0.481 e. The van der Waals surface area contributed by atoms with Gasteiger partial charge in [-0.15, -0.1) is 0 Å². The number of fused-ring (bicyclic) bond motifs is 5. The third-order valence-corrected chi connectivity index (χ3v) is 14.8. The van der Waals surface area contributed by atoms with Gasteiger partial charge < -0.3 is 25.7 Å². The number of rotatable bonds is 21. The topological polar surface area (TPSA) is 127 Å². The molecule has 4 aliphatic rings. The summed E-state index contributed by atoms with van der Waals surface area (Å²) >= 11 is 0. The summed E-state index contributed by atoms with van der Waals surface area (Å²) in [4.78, 5) is 24.7.